The summed E-state index contributed by atoms with van der Waals surface area (Å²) in [5.74, 6) is 1.94. The van der Waals surface area contributed by atoms with E-state index >= 15 is 0 Å². The summed E-state index contributed by atoms with van der Waals surface area (Å²) in [4.78, 5) is 13.9. The number of aromatic amines is 1. The zero-order valence-corrected chi connectivity index (χ0v) is 12.9. The first kappa shape index (κ1) is 13.9. The van der Waals surface area contributed by atoms with Crippen LogP contribution in [0.1, 0.15) is 24.3 Å². The van der Waals surface area contributed by atoms with Crippen LogP contribution in [0.3, 0.4) is 0 Å². The summed E-state index contributed by atoms with van der Waals surface area (Å²) in [5.41, 5.74) is 14.1. The molecule has 5 N–H and O–H groups in total. The Kier molecular flexibility index (Phi) is 3.29. The number of anilines is 3. The number of piperidine rings is 1. The highest BCUT2D eigenvalue weighted by Gasteiger charge is 2.24. The van der Waals surface area contributed by atoms with Gasteiger partial charge in [-0.25, -0.2) is 0 Å². The van der Waals surface area contributed by atoms with Gasteiger partial charge < -0.3 is 21.4 Å². The molecule has 0 spiro atoms. The minimum atomic E-state index is 0.231. The van der Waals surface area contributed by atoms with Crippen molar-refractivity contribution in [3.8, 4) is 0 Å². The van der Waals surface area contributed by atoms with E-state index in [9.17, 15) is 0 Å². The molecule has 1 aromatic carbocycles. The molecule has 118 valence electrons. The molecule has 1 unspecified atom stereocenters. The lowest BCUT2D eigenvalue weighted by molar-refractivity contribution is 0.509. The molecule has 1 fully saturated rings. The number of H-pyrrole nitrogens is 1. The van der Waals surface area contributed by atoms with Crippen molar-refractivity contribution < 1.29 is 0 Å². The van der Waals surface area contributed by atoms with Crippen molar-refractivity contribution in [1.29, 1.82) is 0 Å². The molecule has 0 saturated carbocycles. The Morgan fingerprint density at radius 3 is 2.91 bits per heavy atom. The van der Waals surface area contributed by atoms with Gasteiger partial charge in [-0.15, -0.1) is 0 Å². The van der Waals surface area contributed by atoms with Gasteiger partial charge in [0, 0.05) is 42.2 Å². The Balaban J connectivity index is 1.64. The van der Waals surface area contributed by atoms with Gasteiger partial charge in [0.15, 0.2) is 0 Å². The van der Waals surface area contributed by atoms with Crippen LogP contribution in [0.25, 0.3) is 10.9 Å². The van der Waals surface area contributed by atoms with Gasteiger partial charge in [-0.1, -0.05) is 18.2 Å². The van der Waals surface area contributed by atoms with E-state index in [0.717, 1.165) is 25.3 Å². The first-order valence-electron chi connectivity index (χ1n) is 7.92. The van der Waals surface area contributed by atoms with Crippen LogP contribution in [-0.2, 0) is 0 Å². The standard InChI is InChI=1S/C17H20N6/c18-15-8-16(22-17(19)21-15)23-7-3-4-11(10-23)13-9-20-14-6-2-1-5-12(13)14/h1-2,5-6,8-9,11,20H,3-4,7,10H2,(H4,18,19,21,22). The number of benzene rings is 1. The van der Waals surface area contributed by atoms with E-state index in [1.165, 1.54) is 22.9 Å². The molecule has 1 aliphatic heterocycles. The zero-order valence-electron chi connectivity index (χ0n) is 12.9. The molecule has 0 radical (unpaired) electrons. The average molecular weight is 308 g/mol. The quantitative estimate of drug-likeness (QED) is 0.676. The lowest BCUT2D eigenvalue weighted by atomic mass is 9.90. The second-order valence-corrected chi connectivity index (χ2v) is 6.08. The molecule has 0 bridgehead atoms. The Labute approximate surface area is 134 Å². The van der Waals surface area contributed by atoms with E-state index in [2.05, 4.69) is 50.3 Å². The number of aromatic nitrogens is 3. The number of nitrogens with two attached hydrogens (primary N) is 2. The molecule has 0 amide bonds. The van der Waals surface area contributed by atoms with Crippen LogP contribution in [0.5, 0.6) is 0 Å². The van der Waals surface area contributed by atoms with Crippen molar-refractivity contribution in [3.63, 3.8) is 0 Å². The maximum absolute atomic E-state index is 5.81. The molecule has 4 rings (SSSR count). The summed E-state index contributed by atoms with van der Waals surface area (Å²) in [6, 6.07) is 10.2. The molecule has 6 nitrogen and oxygen atoms in total. The van der Waals surface area contributed by atoms with Crippen LogP contribution < -0.4 is 16.4 Å². The minimum Gasteiger partial charge on any atom is -0.383 e. The van der Waals surface area contributed by atoms with Crippen molar-refractivity contribution in [2.45, 2.75) is 18.8 Å². The SMILES string of the molecule is Nc1cc(N2CCCC(c3c[nH]c4ccccc34)C2)nc(N)n1. The van der Waals surface area contributed by atoms with Crippen molar-refractivity contribution in [1.82, 2.24) is 15.0 Å². The molecular formula is C17H20N6. The predicted molar refractivity (Wildman–Crippen MR) is 93.3 cm³/mol. The molecule has 6 heteroatoms. The third-order valence-corrected chi connectivity index (χ3v) is 4.56. The molecule has 3 aromatic rings. The Bertz CT molecular complexity index is 820. The van der Waals surface area contributed by atoms with Gasteiger partial charge >= 0.3 is 0 Å². The Morgan fingerprint density at radius 1 is 1.17 bits per heavy atom. The first-order chi connectivity index (χ1) is 11.2. The summed E-state index contributed by atoms with van der Waals surface area (Å²) in [6.45, 7) is 1.88. The number of para-hydroxylation sites is 1. The summed E-state index contributed by atoms with van der Waals surface area (Å²) < 4.78 is 0. The van der Waals surface area contributed by atoms with Crippen LogP contribution in [0.15, 0.2) is 36.5 Å². The van der Waals surface area contributed by atoms with Crippen LogP contribution in [0, 0.1) is 0 Å². The van der Waals surface area contributed by atoms with E-state index in [4.69, 9.17) is 11.5 Å². The molecule has 2 aromatic heterocycles. The summed E-state index contributed by atoms with van der Waals surface area (Å²) >= 11 is 0. The Morgan fingerprint density at radius 2 is 2.04 bits per heavy atom. The number of rotatable bonds is 2. The first-order valence-corrected chi connectivity index (χ1v) is 7.92. The van der Waals surface area contributed by atoms with Gasteiger partial charge in [0.1, 0.15) is 11.6 Å². The smallest absolute Gasteiger partial charge is 0.223 e. The number of hydrogen-bond acceptors (Lipinski definition) is 5. The zero-order chi connectivity index (χ0) is 15.8. The van der Waals surface area contributed by atoms with Crippen molar-refractivity contribution in [2.24, 2.45) is 0 Å². The second-order valence-electron chi connectivity index (χ2n) is 6.08. The molecule has 1 saturated heterocycles. The molecule has 3 heterocycles. The molecule has 0 aliphatic carbocycles. The van der Waals surface area contributed by atoms with Crippen molar-refractivity contribution >= 4 is 28.5 Å². The van der Waals surface area contributed by atoms with E-state index in [0.29, 0.717) is 11.7 Å². The van der Waals surface area contributed by atoms with Crippen LogP contribution in [0.2, 0.25) is 0 Å². The summed E-state index contributed by atoms with van der Waals surface area (Å²) in [5, 5.41) is 1.31. The third kappa shape index (κ3) is 2.56. The van der Waals surface area contributed by atoms with Gasteiger partial charge in [-0.05, 0) is 24.5 Å². The van der Waals surface area contributed by atoms with E-state index < -0.39 is 0 Å². The van der Waals surface area contributed by atoms with E-state index in [-0.39, 0.29) is 5.95 Å². The number of nitrogen functional groups attached to an aromatic ring is 2. The number of fused-ring (bicyclic) bond motifs is 1. The fourth-order valence-electron chi connectivity index (χ4n) is 3.50. The third-order valence-electron chi connectivity index (χ3n) is 4.56. The molecule has 23 heavy (non-hydrogen) atoms. The second kappa shape index (κ2) is 5.46. The number of hydrogen-bond donors (Lipinski definition) is 3. The fourth-order valence-corrected chi connectivity index (χ4v) is 3.50. The molecular weight excluding hydrogens is 288 g/mol. The van der Waals surface area contributed by atoms with E-state index in [1.54, 1.807) is 6.07 Å². The normalized spacial score (nSPS) is 18.4. The highest BCUT2D eigenvalue weighted by molar-refractivity contribution is 5.83. The van der Waals surface area contributed by atoms with Gasteiger partial charge in [0.2, 0.25) is 5.95 Å². The van der Waals surface area contributed by atoms with Gasteiger partial charge in [0.25, 0.3) is 0 Å². The lowest BCUT2D eigenvalue weighted by Crippen LogP contribution is -2.35. The maximum Gasteiger partial charge on any atom is 0.223 e. The maximum atomic E-state index is 5.81. The summed E-state index contributed by atoms with van der Waals surface area (Å²) in [6.07, 6.45) is 4.43. The largest absolute Gasteiger partial charge is 0.383 e. The van der Waals surface area contributed by atoms with E-state index in [1.807, 2.05) is 0 Å². The minimum absolute atomic E-state index is 0.231. The van der Waals surface area contributed by atoms with Crippen LogP contribution in [0.4, 0.5) is 17.6 Å². The lowest BCUT2D eigenvalue weighted by Gasteiger charge is -2.33. The van der Waals surface area contributed by atoms with Crippen molar-refractivity contribution in [2.75, 3.05) is 29.5 Å². The van der Waals surface area contributed by atoms with Crippen LogP contribution in [-0.4, -0.2) is 28.0 Å². The van der Waals surface area contributed by atoms with Gasteiger partial charge in [-0.3, -0.25) is 0 Å². The monoisotopic (exact) mass is 308 g/mol. The number of nitrogens with zero attached hydrogens (tertiary/aromatic N) is 3. The highest BCUT2D eigenvalue weighted by atomic mass is 15.2. The number of nitrogens with one attached hydrogen (secondary N) is 1. The van der Waals surface area contributed by atoms with Crippen LogP contribution >= 0.6 is 0 Å². The topological polar surface area (TPSA) is 96.8 Å². The summed E-state index contributed by atoms with van der Waals surface area (Å²) in [7, 11) is 0. The fraction of sp³-hybridized carbons (Fsp3) is 0.294. The van der Waals surface area contributed by atoms with Crippen molar-refractivity contribution in [3.05, 3.63) is 42.1 Å². The average Bonchev–Trinajstić information content (AvgIpc) is 2.98. The molecule has 1 atom stereocenters. The van der Waals surface area contributed by atoms with Gasteiger partial charge in [-0.2, -0.15) is 9.97 Å². The molecule has 1 aliphatic rings. The predicted octanol–water partition coefficient (Wildman–Crippen LogP) is 2.51. The van der Waals surface area contributed by atoms with Gasteiger partial charge in [0.05, 0.1) is 0 Å². The highest BCUT2D eigenvalue weighted by Crippen LogP contribution is 2.33. The Hall–Kier alpha value is -2.76.